The fourth-order valence-corrected chi connectivity index (χ4v) is 4.05. The van der Waals surface area contributed by atoms with E-state index in [9.17, 15) is 9.18 Å². The highest BCUT2D eigenvalue weighted by Crippen LogP contribution is 2.31. The maximum absolute atomic E-state index is 14.8. The monoisotopic (exact) mass is 438 g/mol. The van der Waals surface area contributed by atoms with E-state index in [1.807, 2.05) is 25.3 Å². The first-order chi connectivity index (χ1) is 15.5. The number of hydrogen-bond donors (Lipinski definition) is 2. The van der Waals surface area contributed by atoms with E-state index < -0.39 is 11.8 Å². The van der Waals surface area contributed by atoms with Crippen LogP contribution in [-0.2, 0) is 6.54 Å². The van der Waals surface area contributed by atoms with Crippen molar-refractivity contribution < 1.29 is 9.18 Å². The quantitative estimate of drug-likeness (QED) is 0.614. The Labute approximate surface area is 186 Å². The largest absolute Gasteiger partial charge is 0.338 e. The lowest BCUT2D eigenvalue weighted by molar-refractivity contribution is 0.199. The van der Waals surface area contributed by atoms with Crippen LogP contribution in [0.1, 0.15) is 42.6 Å². The van der Waals surface area contributed by atoms with Crippen LogP contribution in [0, 0.1) is 12.7 Å². The van der Waals surface area contributed by atoms with Crippen LogP contribution < -0.4 is 10.6 Å². The predicted octanol–water partition coefficient (Wildman–Crippen LogP) is 3.03. The summed E-state index contributed by atoms with van der Waals surface area (Å²) in [7, 11) is 0. The highest BCUT2D eigenvalue weighted by Gasteiger charge is 2.24. The highest BCUT2D eigenvalue weighted by molar-refractivity contribution is 5.88. The van der Waals surface area contributed by atoms with Crippen molar-refractivity contribution in [2.75, 3.05) is 25.0 Å². The second kappa shape index (κ2) is 9.82. The molecule has 3 aromatic rings. The highest BCUT2D eigenvalue weighted by atomic mass is 19.1. The van der Waals surface area contributed by atoms with Gasteiger partial charge < -0.3 is 5.32 Å². The van der Waals surface area contributed by atoms with Gasteiger partial charge in [0.1, 0.15) is 6.33 Å². The molecule has 0 unspecified atom stereocenters. The number of carbonyl (C=O) groups excluding carboxylic acids is 1. The zero-order valence-electron chi connectivity index (χ0n) is 18.3. The van der Waals surface area contributed by atoms with Crippen molar-refractivity contribution in [2.24, 2.45) is 0 Å². The van der Waals surface area contributed by atoms with Gasteiger partial charge in [0.25, 0.3) is 0 Å². The normalized spacial score (nSPS) is 15.0. The van der Waals surface area contributed by atoms with Crippen molar-refractivity contribution in [3.8, 4) is 5.82 Å². The molecule has 32 heavy (non-hydrogen) atoms. The number of anilines is 1. The molecule has 9 nitrogen and oxygen atoms in total. The molecule has 1 saturated heterocycles. The van der Waals surface area contributed by atoms with Crippen molar-refractivity contribution in [3.63, 3.8) is 0 Å². The van der Waals surface area contributed by atoms with Gasteiger partial charge in [-0.2, -0.15) is 5.10 Å². The van der Waals surface area contributed by atoms with Gasteiger partial charge >= 0.3 is 6.03 Å². The number of carbonyl (C=O) groups is 1. The van der Waals surface area contributed by atoms with Gasteiger partial charge in [-0.15, -0.1) is 0 Å². The van der Waals surface area contributed by atoms with E-state index >= 15 is 0 Å². The van der Waals surface area contributed by atoms with Gasteiger partial charge in [-0.1, -0.05) is 6.07 Å². The third kappa shape index (κ3) is 4.91. The predicted molar refractivity (Wildman–Crippen MR) is 118 cm³/mol. The number of pyridine rings is 1. The number of urea groups is 1. The third-order valence-electron chi connectivity index (χ3n) is 5.68. The smallest absolute Gasteiger partial charge is 0.320 e. The average molecular weight is 439 g/mol. The van der Waals surface area contributed by atoms with Gasteiger partial charge in [0.15, 0.2) is 17.5 Å². The summed E-state index contributed by atoms with van der Waals surface area (Å²) < 4.78 is 16.5. The van der Waals surface area contributed by atoms with E-state index in [4.69, 9.17) is 4.98 Å². The molecule has 2 N–H and O–H groups in total. The number of halogens is 1. The topological polar surface area (TPSA) is 101 Å². The number of rotatable bonds is 6. The van der Waals surface area contributed by atoms with Crippen LogP contribution in [0.2, 0.25) is 0 Å². The first-order valence-electron chi connectivity index (χ1n) is 10.8. The van der Waals surface area contributed by atoms with Gasteiger partial charge in [0, 0.05) is 31.2 Å². The van der Waals surface area contributed by atoms with Crippen molar-refractivity contribution >= 4 is 11.8 Å². The molecule has 0 atom stereocenters. The number of amides is 2. The molecule has 0 saturated carbocycles. The summed E-state index contributed by atoms with van der Waals surface area (Å²) in [5.74, 6) is 0.533. The zero-order valence-corrected chi connectivity index (χ0v) is 18.3. The number of nitrogens with zero attached hydrogens (tertiary/aromatic N) is 6. The molecular formula is C22H27FN8O. The fraction of sp³-hybridized carbons (Fsp3) is 0.409. The van der Waals surface area contributed by atoms with E-state index in [0.29, 0.717) is 19.0 Å². The molecule has 0 spiro atoms. The summed E-state index contributed by atoms with van der Waals surface area (Å²) >= 11 is 0. The Kier molecular flexibility index (Phi) is 6.69. The van der Waals surface area contributed by atoms with Crippen LogP contribution in [-0.4, -0.2) is 55.3 Å². The van der Waals surface area contributed by atoms with Crippen molar-refractivity contribution in [3.05, 3.63) is 59.7 Å². The molecule has 1 fully saturated rings. The first kappa shape index (κ1) is 21.8. The summed E-state index contributed by atoms with van der Waals surface area (Å²) in [4.78, 5) is 26.5. The van der Waals surface area contributed by atoms with Crippen LogP contribution >= 0.6 is 0 Å². The minimum Gasteiger partial charge on any atom is -0.338 e. The molecule has 0 radical (unpaired) electrons. The summed E-state index contributed by atoms with van der Waals surface area (Å²) in [5, 5.41) is 9.23. The third-order valence-corrected chi connectivity index (χ3v) is 5.68. The molecular weight excluding hydrogens is 411 g/mol. The Morgan fingerprint density at radius 3 is 2.75 bits per heavy atom. The Balaban J connectivity index is 1.37. The Bertz CT molecular complexity index is 1060. The van der Waals surface area contributed by atoms with Crippen LogP contribution in [0.5, 0.6) is 0 Å². The van der Waals surface area contributed by atoms with Crippen LogP contribution in [0.4, 0.5) is 15.0 Å². The van der Waals surface area contributed by atoms with E-state index in [0.717, 1.165) is 37.4 Å². The summed E-state index contributed by atoms with van der Waals surface area (Å²) in [6, 6.07) is 5.53. The fourth-order valence-electron chi connectivity index (χ4n) is 4.05. The minimum absolute atomic E-state index is 0.102. The standard InChI is InChI=1S/C22H27FN8O/c1-3-24-22(32)29-21-20(23)18(25-14-26-21)13-30-11-7-16(8-12-30)17-5-6-19(28-15(17)2)31-10-4-9-27-31/h4-6,9-10,14,16H,3,7-8,11-13H2,1-2H3,(H2,24,25,26,29,32). The van der Waals surface area contributed by atoms with E-state index in [-0.39, 0.29) is 11.5 Å². The molecule has 168 valence electrons. The molecule has 3 aromatic heterocycles. The van der Waals surface area contributed by atoms with Gasteiger partial charge in [-0.25, -0.2) is 28.8 Å². The van der Waals surface area contributed by atoms with E-state index in [1.54, 1.807) is 17.8 Å². The second-order valence-corrected chi connectivity index (χ2v) is 7.81. The summed E-state index contributed by atoms with van der Waals surface area (Å²) in [6.07, 6.45) is 6.81. The number of nitrogens with one attached hydrogen (secondary N) is 2. The maximum Gasteiger partial charge on any atom is 0.320 e. The Hall–Kier alpha value is -3.40. The second-order valence-electron chi connectivity index (χ2n) is 7.81. The van der Waals surface area contributed by atoms with E-state index in [1.165, 1.54) is 11.9 Å². The maximum atomic E-state index is 14.8. The number of hydrogen-bond acceptors (Lipinski definition) is 6. The summed E-state index contributed by atoms with van der Waals surface area (Å²) in [5.41, 5.74) is 2.55. The van der Waals surface area contributed by atoms with Crippen LogP contribution in [0.3, 0.4) is 0 Å². The molecule has 0 aromatic carbocycles. The molecule has 10 heteroatoms. The number of likely N-dealkylation sites (tertiary alicyclic amines) is 1. The number of piperidine rings is 1. The molecule has 4 heterocycles. The molecule has 0 aliphatic carbocycles. The van der Waals surface area contributed by atoms with Crippen molar-refractivity contribution in [1.29, 1.82) is 0 Å². The number of aromatic nitrogens is 5. The van der Waals surface area contributed by atoms with Crippen molar-refractivity contribution in [1.82, 2.24) is 34.9 Å². The zero-order chi connectivity index (χ0) is 22.5. The number of aryl methyl sites for hydroxylation is 1. The Morgan fingerprint density at radius 1 is 1.25 bits per heavy atom. The molecule has 2 amide bonds. The average Bonchev–Trinajstić information content (AvgIpc) is 3.32. The minimum atomic E-state index is -0.588. The van der Waals surface area contributed by atoms with Gasteiger partial charge in [0.2, 0.25) is 0 Å². The Morgan fingerprint density at radius 2 is 2.06 bits per heavy atom. The van der Waals surface area contributed by atoms with Gasteiger partial charge in [-0.3, -0.25) is 10.2 Å². The van der Waals surface area contributed by atoms with Crippen LogP contribution in [0.25, 0.3) is 5.82 Å². The van der Waals surface area contributed by atoms with Gasteiger partial charge in [-0.05, 0) is 63.4 Å². The SMILES string of the molecule is CCNC(=O)Nc1ncnc(CN2CCC(c3ccc(-n4cccn4)nc3C)CC2)c1F. The van der Waals surface area contributed by atoms with Crippen LogP contribution in [0.15, 0.2) is 36.9 Å². The molecule has 1 aliphatic heterocycles. The van der Waals surface area contributed by atoms with E-state index in [2.05, 4.69) is 36.7 Å². The molecule has 1 aliphatic rings. The molecule has 0 bridgehead atoms. The lowest BCUT2D eigenvalue weighted by Crippen LogP contribution is -2.33. The van der Waals surface area contributed by atoms with Crippen molar-refractivity contribution in [2.45, 2.75) is 39.2 Å². The lowest BCUT2D eigenvalue weighted by Gasteiger charge is -2.32. The first-order valence-corrected chi connectivity index (χ1v) is 10.8. The summed E-state index contributed by atoms with van der Waals surface area (Å²) in [6.45, 7) is 6.30. The molecule has 4 rings (SSSR count). The lowest BCUT2D eigenvalue weighted by atomic mass is 9.88. The van der Waals surface area contributed by atoms with Gasteiger partial charge in [0.05, 0.1) is 5.69 Å².